The molecule has 0 amide bonds. The number of rotatable bonds is 11. The highest BCUT2D eigenvalue weighted by atomic mass is 79.9. The van der Waals surface area contributed by atoms with Crippen molar-refractivity contribution in [1.82, 2.24) is 0 Å². The van der Waals surface area contributed by atoms with Crippen LogP contribution in [0.3, 0.4) is 0 Å². The zero-order valence-corrected chi connectivity index (χ0v) is 23.5. The molecule has 38 heavy (non-hydrogen) atoms. The molecule has 0 spiro atoms. The van der Waals surface area contributed by atoms with E-state index in [0.717, 1.165) is 31.2 Å². The Kier molecular flexibility index (Phi) is 9.84. The topological polar surface area (TPSA) is 52.6 Å². The molecule has 0 bridgehead atoms. The van der Waals surface area contributed by atoms with Crippen LogP contribution in [-0.4, -0.2) is 12.6 Å². The fraction of sp³-hybridized carbons (Fsp3) is 0.0625. The van der Waals surface area contributed by atoms with Crippen molar-refractivity contribution in [2.45, 2.75) is 13.2 Å². The van der Waals surface area contributed by atoms with Gasteiger partial charge in [-0.2, -0.15) is 0 Å². The molecule has 0 radical (unpaired) electrons. The van der Waals surface area contributed by atoms with Crippen LogP contribution in [0.25, 0.3) is 12.2 Å². The summed E-state index contributed by atoms with van der Waals surface area (Å²) >= 11 is 6.85. The summed E-state index contributed by atoms with van der Waals surface area (Å²) in [6.07, 6.45) is 4.74. The number of allylic oxidation sites excluding steroid dienone is 2. The molecule has 0 heterocycles. The summed E-state index contributed by atoms with van der Waals surface area (Å²) < 4.78 is 13.7. The summed E-state index contributed by atoms with van der Waals surface area (Å²) in [6, 6.07) is 30.6. The van der Waals surface area contributed by atoms with E-state index in [4.69, 9.17) is 9.47 Å². The van der Waals surface area contributed by atoms with Gasteiger partial charge < -0.3 is 9.47 Å². The minimum absolute atomic E-state index is 0.291. The van der Waals surface area contributed by atoms with E-state index in [9.17, 15) is 9.59 Å². The number of carbonyl (C=O) groups excluding carboxylic acids is 2. The number of ether oxygens (including phenoxy) is 2. The molecule has 0 saturated carbocycles. The van der Waals surface area contributed by atoms with Crippen LogP contribution >= 0.6 is 31.9 Å². The van der Waals surface area contributed by atoms with Gasteiger partial charge in [0.2, 0.25) is 0 Å². The third kappa shape index (κ3) is 8.13. The van der Waals surface area contributed by atoms with Crippen molar-refractivity contribution in [3.05, 3.63) is 139 Å². The molecule has 0 aliphatic heterocycles. The normalized spacial score (nSPS) is 11.6. The maximum Gasteiger partial charge on any atom is 0.150 e. The van der Waals surface area contributed by atoms with E-state index in [-0.39, 0.29) is 0 Å². The van der Waals surface area contributed by atoms with Crippen LogP contribution in [0.1, 0.15) is 22.3 Å². The van der Waals surface area contributed by atoms with Crippen LogP contribution in [0.2, 0.25) is 0 Å². The molecule has 4 rings (SSSR count). The molecule has 0 atom stereocenters. The third-order valence-electron chi connectivity index (χ3n) is 5.63. The lowest BCUT2D eigenvalue weighted by Gasteiger charge is -2.08. The standard InChI is InChI=1S/C32H24Br2O4/c33-29-9-1-25(2-10-29)21-37-31-13-5-23(6-14-31)17-27(19-35)28(20-36)18-24-7-15-32(16-8-24)38-22-26-3-11-30(34)12-4-26/h1-20H,21-22H2. The summed E-state index contributed by atoms with van der Waals surface area (Å²) in [5.74, 6) is 1.43. The number of hydrogen-bond acceptors (Lipinski definition) is 4. The highest BCUT2D eigenvalue weighted by Gasteiger charge is 2.06. The summed E-state index contributed by atoms with van der Waals surface area (Å²) in [7, 11) is 0. The molecule has 0 fully saturated rings. The molecule has 0 aliphatic rings. The SMILES string of the molecule is O=CC(=Cc1ccc(OCc2ccc(Br)cc2)cc1)C(C=O)=Cc1ccc(OCc2ccc(Br)cc2)cc1. The molecule has 0 aromatic heterocycles. The van der Waals surface area contributed by atoms with E-state index in [2.05, 4.69) is 31.9 Å². The van der Waals surface area contributed by atoms with Gasteiger partial charge in [-0.1, -0.05) is 80.4 Å². The number of benzene rings is 4. The number of aldehydes is 2. The van der Waals surface area contributed by atoms with Crippen LogP contribution in [0.4, 0.5) is 0 Å². The van der Waals surface area contributed by atoms with Crippen molar-refractivity contribution in [3.63, 3.8) is 0 Å². The fourth-order valence-electron chi connectivity index (χ4n) is 3.55. The molecule has 4 aromatic rings. The summed E-state index contributed by atoms with van der Waals surface area (Å²) in [4.78, 5) is 23.7. The van der Waals surface area contributed by atoms with Gasteiger partial charge in [0.15, 0.2) is 12.6 Å². The van der Waals surface area contributed by atoms with Gasteiger partial charge in [-0.15, -0.1) is 0 Å². The van der Waals surface area contributed by atoms with Gasteiger partial charge in [0, 0.05) is 20.1 Å². The predicted molar refractivity (Wildman–Crippen MR) is 158 cm³/mol. The van der Waals surface area contributed by atoms with Gasteiger partial charge in [-0.25, -0.2) is 0 Å². The first-order chi connectivity index (χ1) is 18.5. The minimum Gasteiger partial charge on any atom is -0.489 e. The van der Waals surface area contributed by atoms with E-state index in [0.29, 0.717) is 48.4 Å². The predicted octanol–water partition coefficient (Wildman–Crippen LogP) is 8.23. The monoisotopic (exact) mass is 630 g/mol. The second-order valence-corrected chi connectivity index (χ2v) is 10.2. The van der Waals surface area contributed by atoms with Crippen LogP contribution in [0.5, 0.6) is 11.5 Å². The lowest BCUT2D eigenvalue weighted by molar-refractivity contribution is -0.107. The molecular weight excluding hydrogens is 608 g/mol. The smallest absolute Gasteiger partial charge is 0.150 e. The molecular formula is C32H24Br2O4. The van der Waals surface area contributed by atoms with E-state index in [1.54, 1.807) is 12.2 Å². The Hall–Kier alpha value is -3.74. The van der Waals surface area contributed by atoms with Crippen LogP contribution in [-0.2, 0) is 22.8 Å². The average Bonchev–Trinajstić information content (AvgIpc) is 2.95. The molecule has 0 aliphatic carbocycles. The van der Waals surface area contributed by atoms with Crippen molar-refractivity contribution in [2.24, 2.45) is 0 Å². The maximum absolute atomic E-state index is 11.8. The van der Waals surface area contributed by atoms with Crippen molar-refractivity contribution < 1.29 is 19.1 Å². The van der Waals surface area contributed by atoms with Gasteiger partial charge in [-0.3, -0.25) is 9.59 Å². The second kappa shape index (κ2) is 13.7. The highest BCUT2D eigenvalue weighted by molar-refractivity contribution is 9.10. The summed E-state index contributed by atoms with van der Waals surface area (Å²) in [6.45, 7) is 0.905. The summed E-state index contributed by atoms with van der Waals surface area (Å²) in [5, 5.41) is 0. The number of halogens is 2. The van der Waals surface area contributed by atoms with Crippen LogP contribution < -0.4 is 9.47 Å². The van der Waals surface area contributed by atoms with Crippen LogP contribution in [0, 0.1) is 0 Å². The Morgan fingerprint density at radius 3 is 1.18 bits per heavy atom. The van der Waals surface area contributed by atoms with Crippen molar-refractivity contribution >= 4 is 56.6 Å². The maximum atomic E-state index is 11.8. The van der Waals surface area contributed by atoms with Gasteiger partial charge in [0.25, 0.3) is 0 Å². The molecule has 4 nitrogen and oxygen atoms in total. The fourth-order valence-corrected chi connectivity index (χ4v) is 4.07. The Morgan fingerprint density at radius 1 is 0.526 bits per heavy atom. The minimum atomic E-state index is 0.291. The van der Waals surface area contributed by atoms with Crippen molar-refractivity contribution in [1.29, 1.82) is 0 Å². The Balaban J connectivity index is 1.39. The largest absolute Gasteiger partial charge is 0.489 e. The first-order valence-corrected chi connectivity index (χ1v) is 13.4. The Bertz CT molecular complexity index is 1310. The zero-order chi connectivity index (χ0) is 26.7. The quantitative estimate of drug-likeness (QED) is 0.0950. The van der Waals surface area contributed by atoms with Gasteiger partial charge in [0.05, 0.1) is 0 Å². The van der Waals surface area contributed by atoms with E-state index < -0.39 is 0 Å². The number of carbonyl (C=O) groups is 2. The lowest BCUT2D eigenvalue weighted by Crippen LogP contribution is -1.96. The molecule has 4 aromatic carbocycles. The molecule has 0 saturated heterocycles. The Labute approximate surface area is 238 Å². The molecule has 0 N–H and O–H groups in total. The van der Waals surface area contributed by atoms with Gasteiger partial charge in [0.1, 0.15) is 24.7 Å². The highest BCUT2D eigenvalue weighted by Crippen LogP contribution is 2.21. The second-order valence-electron chi connectivity index (χ2n) is 8.40. The van der Waals surface area contributed by atoms with Crippen molar-refractivity contribution in [3.8, 4) is 11.5 Å². The van der Waals surface area contributed by atoms with Gasteiger partial charge in [-0.05, 0) is 82.9 Å². The van der Waals surface area contributed by atoms with Gasteiger partial charge >= 0.3 is 0 Å². The van der Waals surface area contributed by atoms with Crippen LogP contribution in [0.15, 0.2) is 117 Å². The first kappa shape index (κ1) is 27.3. The summed E-state index contributed by atoms with van der Waals surface area (Å²) in [5.41, 5.74) is 4.27. The number of hydrogen-bond donors (Lipinski definition) is 0. The van der Waals surface area contributed by atoms with E-state index >= 15 is 0 Å². The molecule has 190 valence electrons. The molecule has 6 heteroatoms. The first-order valence-electron chi connectivity index (χ1n) is 11.8. The van der Waals surface area contributed by atoms with Crippen molar-refractivity contribution in [2.75, 3.05) is 0 Å². The molecule has 0 unspecified atom stereocenters. The Morgan fingerprint density at radius 2 is 0.868 bits per heavy atom. The zero-order valence-electron chi connectivity index (χ0n) is 20.4. The average molecular weight is 632 g/mol. The third-order valence-corrected chi connectivity index (χ3v) is 6.69. The van der Waals surface area contributed by atoms with E-state index in [1.807, 2.05) is 97.1 Å². The lowest BCUT2D eigenvalue weighted by atomic mass is 10.0. The van der Waals surface area contributed by atoms with E-state index in [1.165, 1.54) is 0 Å².